The van der Waals surface area contributed by atoms with Crippen molar-refractivity contribution in [2.24, 2.45) is 0 Å². The second kappa shape index (κ2) is 6.54. The standard InChI is InChI=1S/C18H17N3O3/c1-12-6-7-16-19-10-15(18(23)21(16)11-12)17(22)20-9-13-4-3-5-14(8-13)24-2/h3-8,10-11H,9H2,1-2H3,(H,20,22). The highest BCUT2D eigenvalue weighted by atomic mass is 16.5. The number of aromatic nitrogens is 2. The van der Waals surface area contributed by atoms with Crippen LogP contribution in [0.4, 0.5) is 0 Å². The number of hydrogen-bond donors (Lipinski definition) is 1. The largest absolute Gasteiger partial charge is 0.497 e. The van der Waals surface area contributed by atoms with Gasteiger partial charge < -0.3 is 10.1 Å². The van der Waals surface area contributed by atoms with Crippen LogP contribution < -0.4 is 15.6 Å². The van der Waals surface area contributed by atoms with E-state index in [1.54, 1.807) is 19.4 Å². The molecule has 1 N–H and O–H groups in total. The molecule has 2 heterocycles. The lowest BCUT2D eigenvalue weighted by molar-refractivity contribution is 0.0949. The number of nitrogens with zero attached hydrogens (tertiary/aromatic N) is 2. The van der Waals surface area contributed by atoms with Crippen molar-refractivity contribution in [3.63, 3.8) is 0 Å². The molecule has 0 bridgehead atoms. The van der Waals surface area contributed by atoms with E-state index in [0.717, 1.165) is 11.1 Å². The van der Waals surface area contributed by atoms with E-state index in [9.17, 15) is 9.59 Å². The molecule has 0 aliphatic carbocycles. The predicted octanol–water partition coefficient (Wildman–Crippen LogP) is 1.94. The molecule has 0 saturated carbocycles. The zero-order chi connectivity index (χ0) is 17.1. The number of pyridine rings is 1. The Balaban J connectivity index is 1.83. The second-order valence-electron chi connectivity index (χ2n) is 5.45. The maximum absolute atomic E-state index is 12.5. The van der Waals surface area contributed by atoms with Gasteiger partial charge in [-0.2, -0.15) is 0 Å². The monoisotopic (exact) mass is 323 g/mol. The van der Waals surface area contributed by atoms with Gasteiger partial charge in [-0.1, -0.05) is 18.2 Å². The summed E-state index contributed by atoms with van der Waals surface area (Å²) in [4.78, 5) is 29.0. The van der Waals surface area contributed by atoms with Crippen molar-refractivity contribution < 1.29 is 9.53 Å². The first-order valence-electron chi connectivity index (χ1n) is 7.47. The van der Waals surface area contributed by atoms with Crippen LogP contribution in [0.1, 0.15) is 21.5 Å². The average molecular weight is 323 g/mol. The number of fused-ring (bicyclic) bond motifs is 1. The molecule has 3 rings (SSSR count). The quantitative estimate of drug-likeness (QED) is 0.796. The highest BCUT2D eigenvalue weighted by Crippen LogP contribution is 2.12. The number of amides is 1. The molecular formula is C18H17N3O3. The van der Waals surface area contributed by atoms with Crippen LogP contribution in [0, 0.1) is 6.92 Å². The summed E-state index contributed by atoms with van der Waals surface area (Å²) in [5.74, 6) is 0.260. The first-order valence-corrected chi connectivity index (χ1v) is 7.47. The Hall–Kier alpha value is -3.15. The number of ether oxygens (including phenoxy) is 1. The van der Waals surface area contributed by atoms with Gasteiger partial charge in [0, 0.05) is 18.9 Å². The Morgan fingerprint density at radius 2 is 2.12 bits per heavy atom. The summed E-state index contributed by atoms with van der Waals surface area (Å²) in [5, 5.41) is 2.74. The average Bonchev–Trinajstić information content (AvgIpc) is 2.60. The number of methoxy groups -OCH3 is 1. The fourth-order valence-corrected chi connectivity index (χ4v) is 2.40. The zero-order valence-corrected chi connectivity index (χ0v) is 13.4. The minimum atomic E-state index is -0.453. The molecule has 0 unspecified atom stereocenters. The van der Waals surface area contributed by atoms with Crippen molar-refractivity contribution in [3.05, 3.63) is 75.8 Å². The van der Waals surface area contributed by atoms with E-state index in [2.05, 4.69) is 10.3 Å². The maximum atomic E-state index is 12.5. The van der Waals surface area contributed by atoms with Crippen molar-refractivity contribution >= 4 is 11.6 Å². The summed E-state index contributed by atoms with van der Waals surface area (Å²) in [6, 6.07) is 11.0. The summed E-state index contributed by atoms with van der Waals surface area (Å²) >= 11 is 0. The number of rotatable bonds is 4. The molecule has 6 heteroatoms. The van der Waals surface area contributed by atoms with Crippen LogP contribution in [0.15, 0.2) is 53.6 Å². The van der Waals surface area contributed by atoms with E-state index in [4.69, 9.17) is 4.74 Å². The number of carbonyl (C=O) groups is 1. The van der Waals surface area contributed by atoms with Crippen molar-refractivity contribution in [1.82, 2.24) is 14.7 Å². The lowest BCUT2D eigenvalue weighted by atomic mass is 10.2. The fourth-order valence-electron chi connectivity index (χ4n) is 2.40. The van der Waals surface area contributed by atoms with Gasteiger partial charge in [-0.15, -0.1) is 0 Å². The van der Waals surface area contributed by atoms with Gasteiger partial charge >= 0.3 is 0 Å². The maximum Gasteiger partial charge on any atom is 0.270 e. The Kier molecular flexibility index (Phi) is 4.29. The first kappa shape index (κ1) is 15.7. The lowest BCUT2D eigenvalue weighted by Gasteiger charge is -2.08. The molecular weight excluding hydrogens is 306 g/mol. The van der Waals surface area contributed by atoms with Gasteiger partial charge in [-0.3, -0.25) is 14.0 Å². The smallest absolute Gasteiger partial charge is 0.270 e. The Morgan fingerprint density at radius 3 is 2.92 bits per heavy atom. The Bertz CT molecular complexity index is 963. The van der Waals surface area contributed by atoms with Crippen molar-refractivity contribution in [1.29, 1.82) is 0 Å². The summed E-state index contributed by atoms with van der Waals surface area (Å²) in [5.41, 5.74) is 1.94. The molecule has 0 atom stereocenters. The minimum absolute atomic E-state index is 0.0148. The van der Waals surface area contributed by atoms with Gasteiger partial charge in [0.25, 0.3) is 11.5 Å². The van der Waals surface area contributed by atoms with Gasteiger partial charge in [0.1, 0.15) is 17.0 Å². The number of benzene rings is 1. The van der Waals surface area contributed by atoms with Gasteiger partial charge in [0.2, 0.25) is 0 Å². The van der Waals surface area contributed by atoms with Gasteiger partial charge in [0.05, 0.1) is 7.11 Å². The van der Waals surface area contributed by atoms with E-state index in [0.29, 0.717) is 17.9 Å². The topological polar surface area (TPSA) is 72.7 Å². The molecule has 0 spiro atoms. The zero-order valence-electron chi connectivity index (χ0n) is 13.4. The van der Waals surface area contributed by atoms with Gasteiger partial charge in [-0.25, -0.2) is 4.98 Å². The van der Waals surface area contributed by atoms with Gasteiger partial charge in [-0.05, 0) is 36.2 Å². The number of hydrogen-bond acceptors (Lipinski definition) is 4. The van der Waals surface area contributed by atoms with E-state index in [1.807, 2.05) is 37.3 Å². The molecule has 24 heavy (non-hydrogen) atoms. The number of carbonyl (C=O) groups excluding carboxylic acids is 1. The summed E-state index contributed by atoms with van der Waals surface area (Å²) in [6.07, 6.45) is 2.98. The fraction of sp³-hybridized carbons (Fsp3) is 0.167. The molecule has 0 radical (unpaired) electrons. The first-order chi connectivity index (χ1) is 11.6. The molecule has 3 aromatic rings. The molecule has 0 aliphatic rings. The van der Waals surface area contributed by atoms with Gasteiger partial charge in [0.15, 0.2) is 0 Å². The van der Waals surface area contributed by atoms with E-state index >= 15 is 0 Å². The van der Waals surface area contributed by atoms with E-state index in [1.165, 1.54) is 10.6 Å². The highest BCUT2D eigenvalue weighted by molar-refractivity contribution is 5.93. The molecule has 0 aliphatic heterocycles. The SMILES string of the molecule is COc1cccc(CNC(=O)c2cnc3ccc(C)cn3c2=O)c1. The number of aryl methyl sites for hydroxylation is 1. The van der Waals surface area contributed by atoms with Crippen LogP contribution in [0.3, 0.4) is 0 Å². The third-order valence-corrected chi connectivity index (χ3v) is 3.68. The number of nitrogens with one attached hydrogen (secondary N) is 1. The van der Waals surface area contributed by atoms with Crippen LogP contribution >= 0.6 is 0 Å². The van der Waals surface area contributed by atoms with Crippen LogP contribution in [-0.2, 0) is 6.54 Å². The van der Waals surface area contributed by atoms with Crippen LogP contribution in [-0.4, -0.2) is 22.4 Å². The van der Waals surface area contributed by atoms with Crippen molar-refractivity contribution in [2.45, 2.75) is 13.5 Å². The molecule has 1 aromatic carbocycles. The van der Waals surface area contributed by atoms with Crippen molar-refractivity contribution in [2.75, 3.05) is 7.11 Å². The second-order valence-corrected chi connectivity index (χ2v) is 5.45. The third-order valence-electron chi connectivity index (χ3n) is 3.68. The van der Waals surface area contributed by atoms with E-state index < -0.39 is 5.91 Å². The van der Waals surface area contributed by atoms with Crippen LogP contribution in [0.2, 0.25) is 0 Å². The normalized spacial score (nSPS) is 10.6. The van der Waals surface area contributed by atoms with E-state index in [-0.39, 0.29) is 11.1 Å². The lowest BCUT2D eigenvalue weighted by Crippen LogP contribution is -2.31. The molecule has 0 fully saturated rings. The van der Waals surface area contributed by atoms with Crippen LogP contribution in [0.25, 0.3) is 5.65 Å². The summed E-state index contributed by atoms with van der Waals surface area (Å²) in [7, 11) is 1.58. The highest BCUT2D eigenvalue weighted by Gasteiger charge is 2.13. The molecule has 1 amide bonds. The molecule has 2 aromatic heterocycles. The van der Waals surface area contributed by atoms with Crippen molar-refractivity contribution in [3.8, 4) is 5.75 Å². The minimum Gasteiger partial charge on any atom is -0.497 e. The summed E-state index contributed by atoms with van der Waals surface area (Å²) < 4.78 is 6.53. The van der Waals surface area contributed by atoms with Crippen LogP contribution in [0.5, 0.6) is 5.75 Å². The third kappa shape index (κ3) is 3.12. The molecule has 0 saturated heterocycles. The predicted molar refractivity (Wildman–Crippen MR) is 90.4 cm³/mol. The molecule has 6 nitrogen and oxygen atoms in total. The summed E-state index contributed by atoms with van der Waals surface area (Å²) in [6.45, 7) is 2.17. The molecule has 122 valence electrons. The Morgan fingerprint density at radius 1 is 1.29 bits per heavy atom. The Labute approximate surface area is 138 Å².